The summed E-state index contributed by atoms with van der Waals surface area (Å²) < 4.78 is 0. The van der Waals surface area contributed by atoms with Crippen LogP contribution in [-0.4, -0.2) is 0 Å². The molecule has 0 heterocycles. The quantitative estimate of drug-likeness (QED) is 0.126. The van der Waals surface area contributed by atoms with E-state index < -0.39 is 0 Å². The molecule has 0 aromatic rings. The number of nitrogens with zero attached hydrogens (tertiary/aromatic N) is 1. The fourth-order valence-corrected chi connectivity index (χ4v) is 3.88. The molecule has 0 rings (SSSR count). The van der Waals surface area contributed by atoms with Crippen LogP contribution < -0.4 is 0 Å². The first-order valence-corrected chi connectivity index (χ1v) is 12.9. The number of unbranched alkanes of at least 4 members (excludes halogenated alkanes) is 21. The fraction of sp³-hybridized carbons (Fsp3) is 0.889. The molecule has 0 aromatic heterocycles. The van der Waals surface area contributed by atoms with Gasteiger partial charge in [0.1, 0.15) is 0 Å². The molecular formula is C27H51N. The number of nitriles is 1. The topological polar surface area (TPSA) is 23.8 Å². The minimum absolute atomic E-state index is 0.698. The van der Waals surface area contributed by atoms with Crippen molar-refractivity contribution in [3.8, 4) is 6.07 Å². The molecule has 0 spiro atoms. The second kappa shape index (κ2) is 26.2. The number of hydrogen-bond acceptors (Lipinski definition) is 1. The van der Waals surface area contributed by atoms with E-state index in [4.69, 9.17) is 5.26 Å². The average Bonchev–Trinajstić information content (AvgIpc) is 2.71. The predicted molar refractivity (Wildman–Crippen MR) is 127 cm³/mol. The maximum Gasteiger partial charge on any atom is 0.0621 e. The maximum absolute atomic E-state index is 8.47. The van der Waals surface area contributed by atoms with Gasteiger partial charge in [0, 0.05) is 6.42 Å². The molecule has 0 unspecified atom stereocenters. The van der Waals surface area contributed by atoms with E-state index in [0.29, 0.717) is 6.42 Å². The number of allylic oxidation sites excluding steroid dienone is 2. The Morgan fingerprint density at radius 1 is 0.464 bits per heavy atom. The van der Waals surface area contributed by atoms with Crippen LogP contribution in [0.5, 0.6) is 0 Å². The van der Waals surface area contributed by atoms with E-state index in [1.807, 2.05) is 0 Å². The molecule has 28 heavy (non-hydrogen) atoms. The number of rotatable bonds is 23. The zero-order chi connectivity index (χ0) is 20.4. The van der Waals surface area contributed by atoms with E-state index in [2.05, 4.69) is 25.1 Å². The maximum atomic E-state index is 8.47. The first kappa shape index (κ1) is 27.2. The molecule has 0 aliphatic heterocycles. The number of hydrogen-bond donors (Lipinski definition) is 0. The monoisotopic (exact) mass is 389 g/mol. The van der Waals surface area contributed by atoms with Crippen molar-refractivity contribution in [2.45, 2.75) is 155 Å². The Hall–Kier alpha value is -0.770. The molecule has 0 radical (unpaired) electrons. The molecule has 0 aliphatic carbocycles. The predicted octanol–water partition coefficient (Wildman–Crippen LogP) is 10.1. The molecule has 1 heteroatoms. The van der Waals surface area contributed by atoms with Gasteiger partial charge in [-0.15, -0.1) is 0 Å². The van der Waals surface area contributed by atoms with Gasteiger partial charge in [0.25, 0.3) is 0 Å². The molecule has 0 aliphatic rings. The molecule has 0 N–H and O–H groups in total. The van der Waals surface area contributed by atoms with E-state index in [0.717, 1.165) is 12.8 Å². The van der Waals surface area contributed by atoms with Crippen molar-refractivity contribution in [3.63, 3.8) is 0 Å². The van der Waals surface area contributed by atoms with Crippen molar-refractivity contribution in [1.82, 2.24) is 0 Å². The highest BCUT2D eigenvalue weighted by molar-refractivity contribution is 4.82. The van der Waals surface area contributed by atoms with Crippen LogP contribution in [-0.2, 0) is 0 Å². The Balaban J connectivity index is 3.02. The van der Waals surface area contributed by atoms with Crippen LogP contribution in [0.25, 0.3) is 0 Å². The molecule has 0 bridgehead atoms. The summed E-state index contributed by atoms with van der Waals surface area (Å²) in [5.41, 5.74) is 0. The summed E-state index contributed by atoms with van der Waals surface area (Å²) >= 11 is 0. The summed E-state index contributed by atoms with van der Waals surface area (Å²) in [5.74, 6) is 0. The lowest BCUT2D eigenvalue weighted by atomic mass is 10.0. The van der Waals surface area contributed by atoms with E-state index in [-0.39, 0.29) is 0 Å². The summed E-state index contributed by atoms with van der Waals surface area (Å²) in [5, 5.41) is 8.47. The first-order valence-electron chi connectivity index (χ1n) is 12.9. The summed E-state index contributed by atoms with van der Waals surface area (Å²) in [6, 6.07) is 2.20. The Morgan fingerprint density at radius 3 is 1.14 bits per heavy atom. The molecule has 0 saturated carbocycles. The largest absolute Gasteiger partial charge is 0.198 e. The van der Waals surface area contributed by atoms with Crippen LogP contribution in [0, 0.1) is 11.3 Å². The molecule has 0 fully saturated rings. The Bertz CT molecular complexity index is 339. The Kier molecular flexibility index (Phi) is 25.5. The van der Waals surface area contributed by atoms with Crippen molar-refractivity contribution in [1.29, 1.82) is 5.26 Å². The van der Waals surface area contributed by atoms with Gasteiger partial charge in [-0.2, -0.15) is 5.26 Å². The highest BCUT2D eigenvalue weighted by atomic mass is 14.2. The minimum Gasteiger partial charge on any atom is -0.198 e. The molecule has 0 amide bonds. The lowest BCUT2D eigenvalue weighted by molar-refractivity contribution is 0.523. The Labute approximate surface area is 178 Å². The third-order valence-electron chi connectivity index (χ3n) is 5.80. The SMILES string of the molecule is CCCCCCCCCCCCCCCCCCCCC/C=C/CCCC#N. The van der Waals surface area contributed by atoms with E-state index in [1.54, 1.807) is 0 Å². The van der Waals surface area contributed by atoms with Gasteiger partial charge in [0.05, 0.1) is 6.07 Å². The zero-order valence-electron chi connectivity index (χ0n) is 19.4. The highest BCUT2D eigenvalue weighted by Crippen LogP contribution is 2.14. The van der Waals surface area contributed by atoms with Gasteiger partial charge in [0.2, 0.25) is 0 Å². The van der Waals surface area contributed by atoms with Crippen LogP contribution in [0.15, 0.2) is 12.2 Å². The van der Waals surface area contributed by atoms with Crippen LogP contribution >= 0.6 is 0 Å². The third kappa shape index (κ3) is 25.2. The van der Waals surface area contributed by atoms with Gasteiger partial charge < -0.3 is 0 Å². The minimum atomic E-state index is 0.698. The van der Waals surface area contributed by atoms with E-state index in [9.17, 15) is 0 Å². The lowest BCUT2D eigenvalue weighted by Crippen LogP contribution is -1.84. The molecule has 1 nitrogen and oxygen atoms in total. The van der Waals surface area contributed by atoms with Gasteiger partial charge in [0.15, 0.2) is 0 Å². The first-order chi connectivity index (χ1) is 13.9. The fourth-order valence-electron chi connectivity index (χ4n) is 3.88. The van der Waals surface area contributed by atoms with Crippen molar-refractivity contribution in [2.75, 3.05) is 0 Å². The van der Waals surface area contributed by atoms with Crippen molar-refractivity contribution in [3.05, 3.63) is 12.2 Å². The van der Waals surface area contributed by atoms with Crippen LogP contribution in [0.3, 0.4) is 0 Å². The van der Waals surface area contributed by atoms with Gasteiger partial charge in [-0.1, -0.05) is 135 Å². The molecule has 0 saturated heterocycles. The standard InChI is InChI=1S/C27H51N/c1-2-3-4-5-6-7-8-9-10-11-12-13-14-15-16-17-18-19-20-21-22-23-24-25-26-27-28/h22-23H,2-21,24-26H2,1H3/b23-22+. The average molecular weight is 390 g/mol. The molecule has 0 aromatic carbocycles. The molecule has 0 atom stereocenters. The molecule has 164 valence electrons. The van der Waals surface area contributed by atoms with Crippen molar-refractivity contribution < 1.29 is 0 Å². The van der Waals surface area contributed by atoms with E-state index in [1.165, 1.54) is 128 Å². The second-order valence-electron chi connectivity index (χ2n) is 8.67. The van der Waals surface area contributed by atoms with Crippen molar-refractivity contribution >= 4 is 0 Å². The van der Waals surface area contributed by atoms with Gasteiger partial charge >= 0.3 is 0 Å². The molecular weight excluding hydrogens is 338 g/mol. The third-order valence-corrected chi connectivity index (χ3v) is 5.80. The van der Waals surface area contributed by atoms with Gasteiger partial charge in [-0.25, -0.2) is 0 Å². The summed E-state index contributed by atoms with van der Waals surface area (Å²) in [7, 11) is 0. The summed E-state index contributed by atoms with van der Waals surface area (Å²) in [6.45, 7) is 2.30. The van der Waals surface area contributed by atoms with Gasteiger partial charge in [-0.05, 0) is 25.7 Å². The highest BCUT2D eigenvalue weighted by Gasteiger charge is 1.95. The normalized spacial score (nSPS) is 11.3. The van der Waals surface area contributed by atoms with Crippen LogP contribution in [0.1, 0.15) is 155 Å². The van der Waals surface area contributed by atoms with Crippen molar-refractivity contribution in [2.24, 2.45) is 0 Å². The Morgan fingerprint density at radius 2 is 0.786 bits per heavy atom. The zero-order valence-corrected chi connectivity index (χ0v) is 19.4. The second-order valence-corrected chi connectivity index (χ2v) is 8.67. The smallest absolute Gasteiger partial charge is 0.0621 e. The van der Waals surface area contributed by atoms with Crippen LogP contribution in [0.2, 0.25) is 0 Å². The van der Waals surface area contributed by atoms with Crippen LogP contribution in [0.4, 0.5) is 0 Å². The summed E-state index contributed by atoms with van der Waals surface area (Å²) in [4.78, 5) is 0. The summed E-state index contributed by atoms with van der Waals surface area (Å²) in [6.07, 6.45) is 36.0. The van der Waals surface area contributed by atoms with Gasteiger partial charge in [-0.3, -0.25) is 0 Å². The van der Waals surface area contributed by atoms with E-state index >= 15 is 0 Å². The lowest BCUT2D eigenvalue weighted by Gasteiger charge is -2.03.